The van der Waals surface area contributed by atoms with E-state index < -0.39 is 6.03 Å². The number of rotatable bonds is 6. The third-order valence-electron chi connectivity index (χ3n) is 8.60. The maximum atomic E-state index is 13.2. The quantitative estimate of drug-likeness (QED) is 0.389. The number of urea groups is 1. The third-order valence-corrected chi connectivity index (χ3v) is 8.60. The van der Waals surface area contributed by atoms with Gasteiger partial charge in [0.25, 0.3) is 11.5 Å². The number of nitrogens with one attached hydrogen (secondary N) is 3. The second-order valence-corrected chi connectivity index (χ2v) is 11.5. The molecule has 2 aromatic carbocycles. The van der Waals surface area contributed by atoms with Crippen molar-refractivity contribution in [2.24, 2.45) is 5.92 Å². The van der Waals surface area contributed by atoms with Gasteiger partial charge in [0, 0.05) is 60.7 Å². The lowest BCUT2D eigenvalue weighted by molar-refractivity contribution is 0.0927. The van der Waals surface area contributed by atoms with Crippen molar-refractivity contribution in [3.05, 3.63) is 82.3 Å². The summed E-state index contributed by atoms with van der Waals surface area (Å²) in [6.07, 6.45) is 6.51. The Bertz CT molecular complexity index is 1500. The zero-order valence-electron chi connectivity index (χ0n) is 23.4. The van der Waals surface area contributed by atoms with Crippen LogP contribution in [0.5, 0.6) is 5.75 Å². The van der Waals surface area contributed by atoms with E-state index in [0.717, 1.165) is 56.6 Å². The number of carbonyl (C=O) groups excluding carboxylic acids is 2. The Morgan fingerprint density at radius 2 is 1.73 bits per heavy atom. The van der Waals surface area contributed by atoms with E-state index in [1.54, 1.807) is 31.4 Å². The minimum atomic E-state index is -0.404. The summed E-state index contributed by atoms with van der Waals surface area (Å²) in [5.74, 6) is 1.05. The average molecular weight is 556 g/mol. The van der Waals surface area contributed by atoms with Crippen LogP contribution in [-0.2, 0) is 6.54 Å². The molecule has 9 heteroatoms. The summed E-state index contributed by atoms with van der Waals surface area (Å²) < 4.78 is 7.19. The number of amides is 3. The second-order valence-electron chi connectivity index (χ2n) is 11.5. The topological polar surface area (TPSA) is 105 Å². The van der Waals surface area contributed by atoms with Gasteiger partial charge in [-0.3, -0.25) is 9.59 Å². The van der Waals surface area contributed by atoms with Gasteiger partial charge in [-0.05, 0) is 61.6 Å². The Kier molecular flexibility index (Phi) is 7.67. The lowest BCUT2D eigenvalue weighted by Gasteiger charge is -2.44. The number of anilines is 3. The summed E-state index contributed by atoms with van der Waals surface area (Å²) >= 11 is 0. The highest BCUT2D eigenvalue weighted by Gasteiger charge is 2.35. The number of methoxy groups -OCH3 is 1. The first-order valence-electron chi connectivity index (χ1n) is 14.6. The first-order chi connectivity index (χ1) is 20.0. The van der Waals surface area contributed by atoms with Crippen molar-refractivity contribution in [3.8, 4) is 5.75 Å². The van der Waals surface area contributed by atoms with E-state index >= 15 is 0 Å². The fourth-order valence-electron chi connectivity index (χ4n) is 6.65. The first kappa shape index (κ1) is 26.9. The van der Waals surface area contributed by atoms with Gasteiger partial charge in [0.2, 0.25) is 0 Å². The molecule has 2 unspecified atom stereocenters. The molecule has 3 amide bonds. The van der Waals surface area contributed by atoms with Crippen LogP contribution in [0, 0.1) is 5.92 Å². The van der Waals surface area contributed by atoms with Gasteiger partial charge in [-0.1, -0.05) is 31.4 Å². The second kappa shape index (κ2) is 11.7. The van der Waals surface area contributed by atoms with Crippen LogP contribution in [0.4, 0.5) is 21.9 Å². The zero-order valence-corrected chi connectivity index (χ0v) is 23.4. The summed E-state index contributed by atoms with van der Waals surface area (Å²) in [5.41, 5.74) is 3.67. The number of aromatic nitrogens is 1. The van der Waals surface area contributed by atoms with Crippen molar-refractivity contribution in [1.29, 1.82) is 0 Å². The Balaban J connectivity index is 1.27. The molecular weight excluding hydrogens is 518 g/mol. The van der Waals surface area contributed by atoms with Gasteiger partial charge in [-0.25, -0.2) is 4.79 Å². The number of fused-ring (bicyclic) bond motifs is 4. The van der Waals surface area contributed by atoms with Crippen LogP contribution in [0.3, 0.4) is 0 Å². The minimum Gasteiger partial charge on any atom is -0.497 e. The summed E-state index contributed by atoms with van der Waals surface area (Å²) in [4.78, 5) is 41.2. The van der Waals surface area contributed by atoms with Crippen LogP contribution in [0.15, 0.2) is 65.5 Å². The van der Waals surface area contributed by atoms with Crippen molar-refractivity contribution in [2.75, 3.05) is 35.7 Å². The molecule has 0 spiro atoms. The summed E-state index contributed by atoms with van der Waals surface area (Å²) in [6, 6.07) is 18.0. The number of hydrogen-bond donors (Lipinski definition) is 3. The molecule has 1 aliphatic carbocycles. The molecule has 214 valence electrons. The van der Waals surface area contributed by atoms with Crippen LogP contribution in [0.2, 0.25) is 0 Å². The predicted octanol–water partition coefficient (Wildman–Crippen LogP) is 5.19. The SMILES string of the molecule is COc1cccc(NC(=O)Nc2cc(C(=O)NC3CCCCC3)ccc2N2CC3CC(C2)c2cccc(=O)n2C3)c1. The number of carbonyl (C=O) groups is 2. The van der Waals surface area contributed by atoms with E-state index in [0.29, 0.717) is 35.2 Å². The van der Waals surface area contributed by atoms with E-state index in [1.807, 2.05) is 41.0 Å². The maximum absolute atomic E-state index is 13.2. The van der Waals surface area contributed by atoms with Crippen molar-refractivity contribution in [1.82, 2.24) is 9.88 Å². The van der Waals surface area contributed by atoms with Gasteiger partial charge in [0.15, 0.2) is 0 Å². The minimum absolute atomic E-state index is 0.0514. The molecule has 6 rings (SSSR count). The number of ether oxygens (including phenoxy) is 1. The number of nitrogens with zero attached hydrogens (tertiary/aromatic N) is 2. The van der Waals surface area contributed by atoms with Gasteiger partial charge in [0.1, 0.15) is 5.75 Å². The summed E-state index contributed by atoms with van der Waals surface area (Å²) in [6.45, 7) is 2.17. The molecule has 1 saturated heterocycles. The highest BCUT2D eigenvalue weighted by Crippen LogP contribution is 2.39. The molecule has 1 aromatic heterocycles. The number of piperidine rings is 1. The number of hydrogen-bond acceptors (Lipinski definition) is 5. The van der Waals surface area contributed by atoms with Crippen molar-refractivity contribution in [3.63, 3.8) is 0 Å². The highest BCUT2D eigenvalue weighted by atomic mass is 16.5. The smallest absolute Gasteiger partial charge is 0.323 e. The molecular formula is C32H37N5O4. The van der Waals surface area contributed by atoms with E-state index in [9.17, 15) is 14.4 Å². The Morgan fingerprint density at radius 3 is 2.56 bits per heavy atom. The predicted molar refractivity (Wildman–Crippen MR) is 160 cm³/mol. The molecule has 3 N–H and O–H groups in total. The molecule has 9 nitrogen and oxygen atoms in total. The highest BCUT2D eigenvalue weighted by molar-refractivity contribution is 6.04. The number of benzene rings is 2. The van der Waals surface area contributed by atoms with Gasteiger partial charge in [-0.15, -0.1) is 0 Å². The molecule has 2 bridgehead atoms. The third kappa shape index (κ3) is 5.94. The molecule has 2 atom stereocenters. The van der Waals surface area contributed by atoms with Crippen LogP contribution >= 0.6 is 0 Å². The van der Waals surface area contributed by atoms with Gasteiger partial charge in [-0.2, -0.15) is 0 Å². The molecule has 3 aromatic rings. The van der Waals surface area contributed by atoms with Gasteiger partial charge in [0.05, 0.1) is 18.5 Å². The molecule has 2 aliphatic heterocycles. The van der Waals surface area contributed by atoms with E-state index in [2.05, 4.69) is 20.9 Å². The lowest BCUT2D eigenvalue weighted by Crippen LogP contribution is -2.47. The van der Waals surface area contributed by atoms with Crippen molar-refractivity contribution in [2.45, 2.75) is 57.0 Å². The monoisotopic (exact) mass is 555 g/mol. The molecule has 41 heavy (non-hydrogen) atoms. The fraction of sp³-hybridized carbons (Fsp3) is 0.406. The van der Waals surface area contributed by atoms with Crippen LogP contribution in [0.25, 0.3) is 0 Å². The van der Waals surface area contributed by atoms with Crippen LogP contribution in [0.1, 0.15) is 60.5 Å². The summed E-state index contributed by atoms with van der Waals surface area (Å²) in [7, 11) is 1.58. The van der Waals surface area contributed by atoms with E-state index in [4.69, 9.17) is 4.74 Å². The fourth-order valence-corrected chi connectivity index (χ4v) is 6.65. The van der Waals surface area contributed by atoms with Gasteiger partial charge >= 0.3 is 6.03 Å². The molecule has 3 heterocycles. The standard InChI is InChI=1S/C32H37N5O4/c1-41-26-10-5-9-25(17-26)34-32(40)35-27-16-22(31(39)33-24-7-3-2-4-8-24)13-14-29(27)36-18-21-15-23(20-36)28-11-6-12-30(38)37(28)19-21/h5-6,9-14,16-17,21,23-24H,2-4,7-8,15,18-20H2,1H3,(H,33,39)(H2,34,35,40). The molecule has 2 fully saturated rings. The number of pyridine rings is 1. The average Bonchev–Trinajstić information content (AvgIpc) is 2.98. The van der Waals surface area contributed by atoms with Crippen molar-refractivity contribution >= 4 is 29.0 Å². The molecule has 1 saturated carbocycles. The normalized spacial score (nSPS) is 20.1. The van der Waals surface area contributed by atoms with E-state index in [-0.39, 0.29) is 23.4 Å². The zero-order chi connectivity index (χ0) is 28.3. The van der Waals surface area contributed by atoms with Crippen LogP contribution < -0.4 is 31.1 Å². The largest absolute Gasteiger partial charge is 0.497 e. The van der Waals surface area contributed by atoms with Crippen molar-refractivity contribution < 1.29 is 14.3 Å². The van der Waals surface area contributed by atoms with Crippen LogP contribution in [-0.4, -0.2) is 42.7 Å². The summed E-state index contributed by atoms with van der Waals surface area (Å²) in [5, 5.41) is 9.09. The Morgan fingerprint density at radius 1 is 0.902 bits per heavy atom. The maximum Gasteiger partial charge on any atom is 0.323 e. The lowest BCUT2D eigenvalue weighted by atomic mass is 9.83. The van der Waals surface area contributed by atoms with E-state index in [1.165, 1.54) is 6.42 Å². The Labute approximate surface area is 239 Å². The molecule has 0 radical (unpaired) electrons. The first-order valence-corrected chi connectivity index (χ1v) is 14.6. The van der Waals surface area contributed by atoms with Gasteiger partial charge < -0.3 is 30.2 Å². The Hall–Kier alpha value is -4.27. The molecule has 3 aliphatic rings.